The Morgan fingerprint density at radius 3 is 2.38 bits per heavy atom. The van der Waals surface area contributed by atoms with Crippen molar-refractivity contribution >= 4 is 5.97 Å². The molecule has 116 valence electrons. The zero-order chi connectivity index (χ0) is 15.1. The van der Waals surface area contributed by atoms with Gasteiger partial charge >= 0.3 is 5.97 Å². The lowest BCUT2D eigenvalue weighted by Gasteiger charge is -2.30. The van der Waals surface area contributed by atoms with Crippen molar-refractivity contribution in [3.8, 4) is 5.75 Å². The van der Waals surface area contributed by atoms with E-state index >= 15 is 0 Å². The normalized spacial score (nSPS) is 16.7. The van der Waals surface area contributed by atoms with Crippen LogP contribution >= 0.6 is 0 Å². The number of carbonyl (C=O) groups excluding carboxylic acids is 1. The number of esters is 1. The van der Waals surface area contributed by atoms with Crippen LogP contribution in [0.3, 0.4) is 0 Å². The minimum atomic E-state index is -0.0294. The van der Waals surface area contributed by atoms with Crippen molar-refractivity contribution in [1.29, 1.82) is 0 Å². The lowest BCUT2D eigenvalue weighted by molar-refractivity contribution is -0.149. The van der Waals surface area contributed by atoms with E-state index in [0.29, 0.717) is 13.2 Å². The van der Waals surface area contributed by atoms with E-state index in [-0.39, 0.29) is 11.9 Å². The molecule has 0 amide bonds. The average Bonchev–Trinajstić information content (AvgIpc) is 2.50. The molecule has 21 heavy (non-hydrogen) atoms. The van der Waals surface area contributed by atoms with Gasteiger partial charge in [0.2, 0.25) is 0 Å². The summed E-state index contributed by atoms with van der Waals surface area (Å²) in [4.78, 5) is 14.1. The maximum atomic E-state index is 11.7. The molecule has 0 atom stereocenters. The Kier molecular flexibility index (Phi) is 6.05. The maximum absolute atomic E-state index is 11.7. The number of carbonyl (C=O) groups is 1. The Balaban J connectivity index is 1.79. The monoisotopic (exact) mass is 291 g/mol. The first kappa shape index (κ1) is 15.8. The van der Waals surface area contributed by atoms with Crippen molar-refractivity contribution in [2.24, 2.45) is 5.92 Å². The molecule has 1 saturated heterocycles. The standard InChI is InChI=1S/C17H25NO3/c1-3-20-16-7-5-14(6-8-16)13-18-11-9-15(10-12-18)17(19)21-4-2/h5-8,15H,3-4,9-13H2,1-2H3. The van der Waals surface area contributed by atoms with Gasteiger partial charge in [0.25, 0.3) is 0 Å². The van der Waals surface area contributed by atoms with Gasteiger partial charge in [-0.15, -0.1) is 0 Å². The third kappa shape index (κ3) is 4.74. The van der Waals surface area contributed by atoms with E-state index in [9.17, 15) is 4.79 Å². The van der Waals surface area contributed by atoms with Gasteiger partial charge in [0.05, 0.1) is 19.1 Å². The predicted molar refractivity (Wildman–Crippen MR) is 82.2 cm³/mol. The van der Waals surface area contributed by atoms with E-state index in [1.54, 1.807) is 0 Å². The number of hydrogen-bond acceptors (Lipinski definition) is 4. The van der Waals surface area contributed by atoms with Crippen LogP contribution in [-0.4, -0.2) is 37.2 Å². The highest BCUT2D eigenvalue weighted by Gasteiger charge is 2.25. The first-order valence-corrected chi connectivity index (χ1v) is 7.83. The third-order valence-corrected chi connectivity index (χ3v) is 3.85. The molecular formula is C17H25NO3. The number of nitrogens with zero attached hydrogens (tertiary/aromatic N) is 1. The molecule has 1 aromatic carbocycles. The van der Waals surface area contributed by atoms with Gasteiger partial charge < -0.3 is 9.47 Å². The number of ether oxygens (including phenoxy) is 2. The minimum Gasteiger partial charge on any atom is -0.494 e. The minimum absolute atomic E-state index is 0.0294. The van der Waals surface area contributed by atoms with Crippen LogP contribution in [0.2, 0.25) is 0 Å². The summed E-state index contributed by atoms with van der Waals surface area (Å²) in [5.41, 5.74) is 1.29. The van der Waals surface area contributed by atoms with Crippen LogP contribution in [-0.2, 0) is 16.1 Å². The second kappa shape index (κ2) is 8.03. The van der Waals surface area contributed by atoms with Gasteiger partial charge in [-0.1, -0.05) is 12.1 Å². The third-order valence-electron chi connectivity index (χ3n) is 3.85. The van der Waals surface area contributed by atoms with Gasteiger partial charge in [-0.25, -0.2) is 0 Å². The second-order valence-corrected chi connectivity index (χ2v) is 5.38. The molecule has 0 spiro atoms. The molecule has 1 aliphatic heterocycles. The molecule has 0 radical (unpaired) electrons. The molecule has 1 aromatic rings. The van der Waals surface area contributed by atoms with Gasteiger partial charge in [0.1, 0.15) is 5.75 Å². The molecule has 0 unspecified atom stereocenters. The first-order chi connectivity index (χ1) is 10.2. The van der Waals surface area contributed by atoms with Crippen LogP contribution in [0, 0.1) is 5.92 Å². The fourth-order valence-corrected chi connectivity index (χ4v) is 2.70. The van der Waals surface area contributed by atoms with Crippen molar-refractivity contribution in [3.05, 3.63) is 29.8 Å². The van der Waals surface area contributed by atoms with Gasteiger partial charge in [-0.2, -0.15) is 0 Å². The Bertz CT molecular complexity index is 436. The van der Waals surface area contributed by atoms with Crippen LogP contribution < -0.4 is 4.74 Å². The fraction of sp³-hybridized carbons (Fsp3) is 0.588. The number of likely N-dealkylation sites (tertiary alicyclic amines) is 1. The molecule has 1 aliphatic rings. The maximum Gasteiger partial charge on any atom is 0.309 e. The summed E-state index contributed by atoms with van der Waals surface area (Å²) in [6.45, 7) is 7.86. The second-order valence-electron chi connectivity index (χ2n) is 5.38. The fourth-order valence-electron chi connectivity index (χ4n) is 2.70. The first-order valence-electron chi connectivity index (χ1n) is 7.83. The van der Waals surface area contributed by atoms with E-state index in [1.807, 2.05) is 26.0 Å². The number of rotatable bonds is 6. The summed E-state index contributed by atoms with van der Waals surface area (Å²) < 4.78 is 10.5. The molecule has 2 rings (SSSR count). The van der Waals surface area contributed by atoms with Crippen molar-refractivity contribution in [2.45, 2.75) is 33.2 Å². The average molecular weight is 291 g/mol. The van der Waals surface area contributed by atoms with Crippen LogP contribution in [0.4, 0.5) is 0 Å². The van der Waals surface area contributed by atoms with Crippen LogP contribution in [0.25, 0.3) is 0 Å². The quantitative estimate of drug-likeness (QED) is 0.756. The molecule has 0 N–H and O–H groups in total. The molecule has 0 aliphatic carbocycles. The predicted octanol–water partition coefficient (Wildman–Crippen LogP) is 2.86. The molecule has 4 heteroatoms. The van der Waals surface area contributed by atoms with E-state index in [0.717, 1.165) is 38.2 Å². The van der Waals surface area contributed by atoms with Crippen molar-refractivity contribution in [1.82, 2.24) is 4.90 Å². The van der Waals surface area contributed by atoms with E-state index in [2.05, 4.69) is 17.0 Å². The summed E-state index contributed by atoms with van der Waals surface area (Å²) in [7, 11) is 0. The van der Waals surface area contributed by atoms with E-state index in [4.69, 9.17) is 9.47 Å². The lowest BCUT2D eigenvalue weighted by atomic mass is 9.96. The Morgan fingerprint density at radius 2 is 1.81 bits per heavy atom. The molecule has 0 saturated carbocycles. The van der Waals surface area contributed by atoms with E-state index in [1.165, 1.54) is 5.56 Å². The number of hydrogen-bond donors (Lipinski definition) is 0. The molecule has 1 fully saturated rings. The highest BCUT2D eigenvalue weighted by atomic mass is 16.5. The Morgan fingerprint density at radius 1 is 1.14 bits per heavy atom. The smallest absolute Gasteiger partial charge is 0.309 e. The van der Waals surface area contributed by atoms with E-state index < -0.39 is 0 Å². The summed E-state index contributed by atoms with van der Waals surface area (Å²) in [6.07, 6.45) is 1.80. The van der Waals surface area contributed by atoms with Crippen LogP contribution in [0.5, 0.6) is 5.75 Å². The van der Waals surface area contributed by atoms with Crippen LogP contribution in [0.1, 0.15) is 32.3 Å². The largest absolute Gasteiger partial charge is 0.494 e. The van der Waals surface area contributed by atoms with Crippen LogP contribution in [0.15, 0.2) is 24.3 Å². The summed E-state index contributed by atoms with van der Waals surface area (Å²) >= 11 is 0. The van der Waals surface area contributed by atoms with Crippen molar-refractivity contribution < 1.29 is 14.3 Å². The molecular weight excluding hydrogens is 266 g/mol. The Hall–Kier alpha value is -1.55. The highest BCUT2D eigenvalue weighted by Crippen LogP contribution is 2.21. The van der Waals surface area contributed by atoms with Gasteiger partial charge in [0.15, 0.2) is 0 Å². The molecule has 0 aromatic heterocycles. The summed E-state index contributed by atoms with van der Waals surface area (Å²) in [5, 5.41) is 0. The molecule has 1 heterocycles. The topological polar surface area (TPSA) is 38.8 Å². The SMILES string of the molecule is CCOC(=O)C1CCN(Cc2ccc(OCC)cc2)CC1. The van der Waals surface area contributed by atoms with Gasteiger partial charge in [-0.3, -0.25) is 9.69 Å². The number of piperidine rings is 1. The number of benzene rings is 1. The summed E-state index contributed by atoms with van der Waals surface area (Å²) in [5.74, 6) is 0.974. The van der Waals surface area contributed by atoms with Crippen molar-refractivity contribution in [3.63, 3.8) is 0 Å². The van der Waals surface area contributed by atoms with Gasteiger partial charge in [0, 0.05) is 6.54 Å². The lowest BCUT2D eigenvalue weighted by Crippen LogP contribution is -2.36. The molecule has 0 bridgehead atoms. The zero-order valence-electron chi connectivity index (χ0n) is 13.0. The van der Waals surface area contributed by atoms with Gasteiger partial charge in [-0.05, 0) is 57.5 Å². The summed E-state index contributed by atoms with van der Waals surface area (Å²) in [6, 6.07) is 8.26. The molecule has 4 nitrogen and oxygen atoms in total. The highest BCUT2D eigenvalue weighted by molar-refractivity contribution is 5.72. The zero-order valence-corrected chi connectivity index (χ0v) is 13.0. The van der Waals surface area contributed by atoms with Crippen molar-refractivity contribution in [2.75, 3.05) is 26.3 Å². The Labute approximate surface area is 127 Å².